The van der Waals surface area contributed by atoms with E-state index < -0.39 is 0 Å². The highest BCUT2D eigenvalue weighted by atomic mass is 16.5. The maximum atomic E-state index is 12.1. The number of aromatic nitrogens is 3. The zero-order valence-electron chi connectivity index (χ0n) is 10.8. The van der Waals surface area contributed by atoms with E-state index in [-0.39, 0.29) is 5.91 Å². The van der Waals surface area contributed by atoms with Crippen molar-refractivity contribution in [1.29, 1.82) is 0 Å². The van der Waals surface area contributed by atoms with Gasteiger partial charge in [-0.25, -0.2) is 0 Å². The standard InChI is InChI=1S/C12H15N5O2/c1-17-7-15-16-11(17)6-14-12(18)9-4-3-8(13)5-10(9)19-2/h3-5,7H,6,13H2,1-2H3,(H,14,18). The van der Waals surface area contributed by atoms with Crippen molar-refractivity contribution < 1.29 is 9.53 Å². The van der Waals surface area contributed by atoms with Gasteiger partial charge in [0, 0.05) is 18.8 Å². The molecule has 0 aliphatic heterocycles. The molecular weight excluding hydrogens is 246 g/mol. The molecule has 1 aromatic heterocycles. The van der Waals surface area contributed by atoms with Gasteiger partial charge in [0.2, 0.25) is 0 Å². The van der Waals surface area contributed by atoms with Crippen molar-refractivity contribution in [2.24, 2.45) is 7.05 Å². The molecule has 0 atom stereocenters. The van der Waals surface area contributed by atoms with Crippen molar-refractivity contribution >= 4 is 11.6 Å². The molecule has 0 aliphatic rings. The number of nitrogens with one attached hydrogen (secondary N) is 1. The van der Waals surface area contributed by atoms with E-state index in [1.807, 2.05) is 7.05 Å². The molecule has 1 amide bonds. The number of hydrogen-bond donors (Lipinski definition) is 2. The summed E-state index contributed by atoms with van der Waals surface area (Å²) >= 11 is 0. The first-order chi connectivity index (χ1) is 9.11. The average molecular weight is 261 g/mol. The summed E-state index contributed by atoms with van der Waals surface area (Å²) in [6.07, 6.45) is 1.57. The minimum Gasteiger partial charge on any atom is -0.496 e. The summed E-state index contributed by atoms with van der Waals surface area (Å²) in [6.45, 7) is 0.295. The molecule has 100 valence electrons. The van der Waals surface area contributed by atoms with Crippen molar-refractivity contribution in [2.45, 2.75) is 6.54 Å². The Bertz CT molecular complexity index is 594. The minimum absolute atomic E-state index is 0.250. The number of ether oxygens (including phenoxy) is 1. The Morgan fingerprint density at radius 1 is 1.53 bits per heavy atom. The van der Waals surface area contributed by atoms with Gasteiger partial charge < -0.3 is 20.4 Å². The Balaban J connectivity index is 2.10. The number of carbonyl (C=O) groups excluding carboxylic acids is 1. The number of rotatable bonds is 4. The summed E-state index contributed by atoms with van der Waals surface area (Å²) in [4.78, 5) is 12.1. The number of methoxy groups -OCH3 is 1. The van der Waals surface area contributed by atoms with Gasteiger partial charge in [-0.3, -0.25) is 4.79 Å². The third-order valence-electron chi connectivity index (χ3n) is 2.68. The monoisotopic (exact) mass is 261 g/mol. The maximum absolute atomic E-state index is 12.1. The molecule has 0 saturated carbocycles. The van der Waals surface area contributed by atoms with Gasteiger partial charge >= 0.3 is 0 Å². The van der Waals surface area contributed by atoms with Crippen LogP contribution in [0.5, 0.6) is 5.75 Å². The zero-order valence-corrected chi connectivity index (χ0v) is 10.8. The van der Waals surface area contributed by atoms with Gasteiger partial charge in [0.25, 0.3) is 5.91 Å². The number of benzene rings is 1. The number of amides is 1. The molecule has 1 aromatic carbocycles. The van der Waals surface area contributed by atoms with Crippen LogP contribution in [0.15, 0.2) is 24.5 Å². The van der Waals surface area contributed by atoms with Crippen molar-refractivity contribution in [2.75, 3.05) is 12.8 Å². The van der Waals surface area contributed by atoms with Gasteiger partial charge in [0.05, 0.1) is 19.2 Å². The topological polar surface area (TPSA) is 95.1 Å². The molecule has 19 heavy (non-hydrogen) atoms. The van der Waals surface area contributed by atoms with Gasteiger partial charge in [0.1, 0.15) is 12.1 Å². The van der Waals surface area contributed by atoms with Crippen LogP contribution in [0.25, 0.3) is 0 Å². The van der Waals surface area contributed by atoms with Gasteiger partial charge in [-0.05, 0) is 12.1 Å². The van der Waals surface area contributed by atoms with Gasteiger partial charge in [-0.2, -0.15) is 0 Å². The highest BCUT2D eigenvalue weighted by molar-refractivity contribution is 5.97. The van der Waals surface area contributed by atoms with E-state index in [0.29, 0.717) is 29.4 Å². The maximum Gasteiger partial charge on any atom is 0.255 e. The second kappa shape index (κ2) is 5.38. The fraction of sp³-hybridized carbons (Fsp3) is 0.250. The van der Waals surface area contributed by atoms with Gasteiger partial charge in [-0.15, -0.1) is 10.2 Å². The lowest BCUT2D eigenvalue weighted by atomic mass is 10.1. The lowest BCUT2D eigenvalue weighted by molar-refractivity contribution is 0.0946. The molecule has 0 bridgehead atoms. The van der Waals surface area contributed by atoms with Crippen LogP contribution >= 0.6 is 0 Å². The number of hydrogen-bond acceptors (Lipinski definition) is 5. The highest BCUT2D eigenvalue weighted by Crippen LogP contribution is 2.21. The molecule has 2 rings (SSSR count). The Kier molecular flexibility index (Phi) is 3.65. The molecule has 7 nitrogen and oxygen atoms in total. The van der Waals surface area contributed by atoms with Gasteiger partial charge in [-0.1, -0.05) is 0 Å². The van der Waals surface area contributed by atoms with E-state index in [1.165, 1.54) is 7.11 Å². The van der Waals surface area contributed by atoms with Crippen LogP contribution in [-0.4, -0.2) is 27.8 Å². The van der Waals surface area contributed by atoms with E-state index in [1.54, 1.807) is 29.1 Å². The van der Waals surface area contributed by atoms with E-state index in [2.05, 4.69) is 15.5 Å². The molecule has 7 heteroatoms. The number of carbonyl (C=O) groups is 1. The third kappa shape index (κ3) is 2.82. The molecule has 0 radical (unpaired) electrons. The highest BCUT2D eigenvalue weighted by Gasteiger charge is 2.13. The second-order valence-corrected chi connectivity index (χ2v) is 4.00. The second-order valence-electron chi connectivity index (χ2n) is 4.00. The smallest absolute Gasteiger partial charge is 0.255 e. The van der Waals surface area contributed by atoms with Gasteiger partial charge in [0.15, 0.2) is 5.82 Å². The number of aryl methyl sites for hydroxylation is 1. The molecule has 1 heterocycles. The molecule has 0 spiro atoms. The Morgan fingerprint density at radius 3 is 2.95 bits per heavy atom. The van der Waals surface area contributed by atoms with Crippen LogP contribution in [0.2, 0.25) is 0 Å². The molecule has 3 N–H and O–H groups in total. The van der Waals surface area contributed by atoms with E-state index >= 15 is 0 Å². The van der Waals surface area contributed by atoms with E-state index in [4.69, 9.17) is 10.5 Å². The van der Waals surface area contributed by atoms with E-state index in [9.17, 15) is 4.79 Å². The number of nitrogens with two attached hydrogens (primary N) is 1. The van der Waals surface area contributed by atoms with Crippen LogP contribution in [0.1, 0.15) is 16.2 Å². The normalized spacial score (nSPS) is 10.2. The van der Waals surface area contributed by atoms with Crippen LogP contribution in [0, 0.1) is 0 Å². The number of anilines is 1. The lowest BCUT2D eigenvalue weighted by Crippen LogP contribution is -2.24. The summed E-state index contributed by atoms with van der Waals surface area (Å²) in [5.74, 6) is 0.859. The van der Waals surface area contributed by atoms with E-state index in [0.717, 1.165) is 0 Å². The summed E-state index contributed by atoms with van der Waals surface area (Å²) in [5, 5.41) is 10.4. The predicted molar refractivity (Wildman–Crippen MR) is 69.6 cm³/mol. The Morgan fingerprint density at radius 2 is 2.32 bits per heavy atom. The third-order valence-corrected chi connectivity index (χ3v) is 2.68. The largest absolute Gasteiger partial charge is 0.496 e. The fourth-order valence-electron chi connectivity index (χ4n) is 1.62. The first-order valence-electron chi connectivity index (χ1n) is 5.66. The summed E-state index contributed by atoms with van der Waals surface area (Å²) in [6, 6.07) is 4.89. The summed E-state index contributed by atoms with van der Waals surface area (Å²) in [7, 11) is 3.31. The molecule has 0 saturated heterocycles. The number of nitrogen functional groups attached to an aromatic ring is 1. The summed E-state index contributed by atoms with van der Waals surface area (Å²) in [5.41, 5.74) is 6.61. The molecule has 2 aromatic rings. The molecule has 0 fully saturated rings. The molecule has 0 unspecified atom stereocenters. The minimum atomic E-state index is -0.250. The quantitative estimate of drug-likeness (QED) is 0.774. The first kappa shape index (κ1) is 12.9. The van der Waals surface area contributed by atoms with Crippen LogP contribution in [-0.2, 0) is 13.6 Å². The zero-order chi connectivity index (χ0) is 13.8. The Hall–Kier alpha value is -2.57. The first-order valence-corrected chi connectivity index (χ1v) is 5.66. The number of nitrogens with zero attached hydrogens (tertiary/aromatic N) is 3. The Labute approximate surface area is 110 Å². The van der Waals surface area contributed by atoms with Crippen LogP contribution < -0.4 is 15.8 Å². The molecule has 0 aliphatic carbocycles. The van der Waals surface area contributed by atoms with Crippen LogP contribution in [0.4, 0.5) is 5.69 Å². The van der Waals surface area contributed by atoms with Crippen LogP contribution in [0.3, 0.4) is 0 Å². The fourth-order valence-corrected chi connectivity index (χ4v) is 1.62. The average Bonchev–Trinajstić information content (AvgIpc) is 2.81. The van der Waals surface area contributed by atoms with Crippen molar-refractivity contribution in [3.63, 3.8) is 0 Å². The van der Waals surface area contributed by atoms with Crippen molar-refractivity contribution in [1.82, 2.24) is 20.1 Å². The SMILES string of the molecule is COc1cc(N)ccc1C(=O)NCc1nncn1C. The predicted octanol–water partition coefficient (Wildman–Crippen LogP) is 0.336. The van der Waals surface area contributed by atoms with Crippen molar-refractivity contribution in [3.8, 4) is 5.75 Å². The molecular formula is C12H15N5O2. The lowest BCUT2D eigenvalue weighted by Gasteiger charge is -2.09. The van der Waals surface area contributed by atoms with Crippen molar-refractivity contribution in [3.05, 3.63) is 35.9 Å². The summed E-state index contributed by atoms with van der Waals surface area (Å²) < 4.78 is 6.87.